The quantitative estimate of drug-likeness (QED) is 0.461. The van der Waals surface area contributed by atoms with E-state index in [0.717, 1.165) is 11.1 Å². The lowest BCUT2D eigenvalue weighted by Gasteiger charge is -2.07. The van der Waals surface area contributed by atoms with Crippen molar-refractivity contribution in [3.8, 4) is 5.75 Å². The Morgan fingerprint density at radius 3 is 2.85 bits per heavy atom. The molecule has 1 aromatic carbocycles. The van der Waals surface area contributed by atoms with E-state index in [1.165, 1.54) is 6.07 Å². The van der Waals surface area contributed by atoms with Crippen LogP contribution in [0, 0.1) is 10.1 Å². The van der Waals surface area contributed by atoms with Crippen molar-refractivity contribution in [1.82, 2.24) is 9.78 Å². The van der Waals surface area contributed by atoms with Crippen molar-refractivity contribution in [1.29, 1.82) is 0 Å². The van der Waals surface area contributed by atoms with Crippen LogP contribution in [0.4, 0.5) is 5.69 Å². The Labute approximate surface area is 124 Å². The molecule has 0 unspecified atom stereocenters. The van der Waals surface area contributed by atoms with Gasteiger partial charge in [0.1, 0.15) is 0 Å². The van der Waals surface area contributed by atoms with Crippen LogP contribution >= 0.6 is 15.9 Å². The van der Waals surface area contributed by atoms with Gasteiger partial charge in [0.2, 0.25) is 0 Å². The standard InChI is InChI=1S/C13H14BrN3O3/c1-16-9-11(8-15-16)4-5-20-13-6-10(7-14)2-3-12(13)17(18)19/h2-3,6,8-9H,4-5,7H2,1H3. The molecule has 0 aliphatic heterocycles. The fraction of sp³-hybridized carbons (Fsp3) is 0.308. The van der Waals surface area contributed by atoms with E-state index in [2.05, 4.69) is 21.0 Å². The molecule has 0 radical (unpaired) electrons. The first-order chi connectivity index (χ1) is 9.60. The van der Waals surface area contributed by atoms with Crippen molar-refractivity contribution in [2.45, 2.75) is 11.8 Å². The molecule has 0 fully saturated rings. The fourth-order valence-electron chi connectivity index (χ4n) is 1.79. The van der Waals surface area contributed by atoms with Gasteiger partial charge >= 0.3 is 5.69 Å². The summed E-state index contributed by atoms with van der Waals surface area (Å²) in [6, 6.07) is 4.87. The lowest BCUT2D eigenvalue weighted by Crippen LogP contribution is -2.03. The number of alkyl halides is 1. The van der Waals surface area contributed by atoms with Crippen LogP contribution in [-0.2, 0) is 18.8 Å². The molecule has 0 saturated heterocycles. The third-order valence-electron chi connectivity index (χ3n) is 2.78. The van der Waals surface area contributed by atoms with Crippen LogP contribution in [0.25, 0.3) is 0 Å². The molecule has 0 amide bonds. The normalized spacial score (nSPS) is 10.5. The van der Waals surface area contributed by atoms with Crippen LogP contribution in [0.15, 0.2) is 30.6 Å². The van der Waals surface area contributed by atoms with Crippen molar-refractivity contribution in [2.24, 2.45) is 7.05 Å². The molecule has 0 saturated carbocycles. The topological polar surface area (TPSA) is 70.2 Å². The number of rotatable bonds is 6. The van der Waals surface area contributed by atoms with Gasteiger partial charge < -0.3 is 4.74 Å². The summed E-state index contributed by atoms with van der Waals surface area (Å²) in [6.45, 7) is 0.373. The summed E-state index contributed by atoms with van der Waals surface area (Å²) in [5.74, 6) is 0.302. The van der Waals surface area contributed by atoms with Crippen LogP contribution in [0.1, 0.15) is 11.1 Å². The maximum absolute atomic E-state index is 11.0. The zero-order valence-electron chi connectivity index (χ0n) is 11.0. The number of benzene rings is 1. The van der Waals surface area contributed by atoms with Crippen molar-refractivity contribution < 1.29 is 9.66 Å². The van der Waals surface area contributed by atoms with E-state index in [1.54, 1.807) is 23.0 Å². The van der Waals surface area contributed by atoms with Gasteiger partial charge in [0.15, 0.2) is 5.75 Å². The molecular formula is C13H14BrN3O3. The number of ether oxygens (including phenoxy) is 1. The van der Waals surface area contributed by atoms with Gasteiger partial charge in [0.05, 0.1) is 17.7 Å². The van der Waals surface area contributed by atoms with E-state index in [4.69, 9.17) is 4.74 Å². The molecule has 0 aliphatic carbocycles. The zero-order chi connectivity index (χ0) is 14.5. The summed E-state index contributed by atoms with van der Waals surface area (Å²) >= 11 is 3.32. The molecule has 0 aliphatic rings. The number of nitrogens with zero attached hydrogens (tertiary/aromatic N) is 3. The number of hydrogen-bond acceptors (Lipinski definition) is 4. The highest BCUT2D eigenvalue weighted by Crippen LogP contribution is 2.28. The van der Waals surface area contributed by atoms with Gasteiger partial charge in [-0.05, 0) is 17.2 Å². The maximum Gasteiger partial charge on any atom is 0.310 e. The molecule has 1 heterocycles. The van der Waals surface area contributed by atoms with Crippen LogP contribution in [0.5, 0.6) is 5.75 Å². The second kappa shape index (κ2) is 6.51. The van der Waals surface area contributed by atoms with Gasteiger partial charge in [-0.3, -0.25) is 14.8 Å². The molecule has 20 heavy (non-hydrogen) atoms. The summed E-state index contributed by atoms with van der Waals surface area (Å²) in [7, 11) is 1.84. The SMILES string of the molecule is Cn1cc(CCOc2cc(CBr)ccc2[N+](=O)[O-])cn1. The lowest BCUT2D eigenvalue weighted by atomic mass is 10.2. The Morgan fingerprint density at radius 1 is 1.45 bits per heavy atom. The minimum atomic E-state index is -0.433. The Balaban J connectivity index is 2.05. The average molecular weight is 340 g/mol. The highest BCUT2D eigenvalue weighted by atomic mass is 79.9. The van der Waals surface area contributed by atoms with Crippen LogP contribution in [0.2, 0.25) is 0 Å². The van der Waals surface area contributed by atoms with E-state index in [9.17, 15) is 10.1 Å². The zero-order valence-corrected chi connectivity index (χ0v) is 12.5. The van der Waals surface area contributed by atoms with Gasteiger partial charge in [0.25, 0.3) is 0 Å². The van der Waals surface area contributed by atoms with Crippen LogP contribution < -0.4 is 4.74 Å². The molecule has 2 rings (SSSR count). The molecule has 1 aromatic heterocycles. The molecule has 0 spiro atoms. The average Bonchev–Trinajstić information content (AvgIpc) is 2.84. The number of nitro groups is 1. The monoisotopic (exact) mass is 339 g/mol. The Morgan fingerprint density at radius 2 is 2.25 bits per heavy atom. The van der Waals surface area contributed by atoms with Gasteiger partial charge in [0, 0.05) is 31.1 Å². The molecule has 106 valence electrons. The number of nitro benzene ring substituents is 1. The minimum absolute atomic E-state index is 0.0131. The van der Waals surface area contributed by atoms with Gasteiger partial charge in [-0.1, -0.05) is 22.0 Å². The second-order valence-corrected chi connectivity index (χ2v) is 4.87. The Hall–Kier alpha value is -1.89. The first kappa shape index (κ1) is 14.5. The maximum atomic E-state index is 11.0. The third kappa shape index (κ3) is 3.57. The number of halogens is 1. The summed E-state index contributed by atoms with van der Waals surface area (Å²) < 4.78 is 7.27. The molecular weight excluding hydrogens is 326 g/mol. The van der Waals surface area contributed by atoms with E-state index in [-0.39, 0.29) is 5.69 Å². The summed E-state index contributed by atoms with van der Waals surface area (Å²) in [5, 5.41) is 15.6. The fourth-order valence-corrected chi connectivity index (χ4v) is 2.14. The van der Waals surface area contributed by atoms with Gasteiger partial charge in [-0.2, -0.15) is 5.10 Å². The van der Waals surface area contributed by atoms with Crippen molar-refractivity contribution in [2.75, 3.05) is 6.61 Å². The molecule has 6 nitrogen and oxygen atoms in total. The van der Waals surface area contributed by atoms with Crippen LogP contribution in [0.3, 0.4) is 0 Å². The number of aryl methyl sites for hydroxylation is 1. The lowest BCUT2D eigenvalue weighted by molar-refractivity contribution is -0.385. The minimum Gasteiger partial charge on any atom is -0.486 e. The summed E-state index contributed by atoms with van der Waals surface area (Å²) in [5.41, 5.74) is 1.96. The van der Waals surface area contributed by atoms with E-state index < -0.39 is 4.92 Å². The van der Waals surface area contributed by atoms with Crippen molar-refractivity contribution in [3.63, 3.8) is 0 Å². The Bertz CT molecular complexity index is 613. The summed E-state index contributed by atoms with van der Waals surface area (Å²) in [4.78, 5) is 10.5. The van der Waals surface area contributed by atoms with Crippen molar-refractivity contribution in [3.05, 3.63) is 51.8 Å². The Kier molecular flexibility index (Phi) is 4.73. The van der Waals surface area contributed by atoms with E-state index in [0.29, 0.717) is 24.1 Å². The van der Waals surface area contributed by atoms with E-state index in [1.807, 2.05) is 13.2 Å². The largest absolute Gasteiger partial charge is 0.486 e. The predicted octanol–water partition coefficient (Wildman–Crippen LogP) is 2.84. The predicted molar refractivity (Wildman–Crippen MR) is 78.1 cm³/mol. The third-order valence-corrected chi connectivity index (χ3v) is 3.43. The highest BCUT2D eigenvalue weighted by Gasteiger charge is 2.15. The molecule has 0 atom stereocenters. The molecule has 0 bridgehead atoms. The van der Waals surface area contributed by atoms with Gasteiger partial charge in [-0.15, -0.1) is 0 Å². The molecule has 2 aromatic rings. The van der Waals surface area contributed by atoms with Gasteiger partial charge in [-0.25, -0.2) is 0 Å². The van der Waals surface area contributed by atoms with E-state index >= 15 is 0 Å². The molecule has 0 N–H and O–H groups in total. The first-order valence-electron chi connectivity index (χ1n) is 6.03. The van der Waals surface area contributed by atoms with Crippen LogP contribution in [-0.4, -0.2) is 21.3 Å². The molecule has 7 heteroatoms. The van der Waals surface area contributed by atoms with Crippen molar-refractivity contribution >= 4 is 21.6 Å². The number of aromatic nitrogens is 2. The smallest absolute Gasteiger partial charge is 0.310 e. The first-order valence-corrected chi connectivity index (χ1v) is 7.16. The number of hydrogen-bond donors (Lipinski definition) is 0. The summed E-state index contributed by atoms with van der Waals surface area (Å²) in [6.07, 6.45) is 4.31. The second-order valence-electron chi connectivity index (χ2n) is 4.31. The highest BCUT2D eigenvalue weighted by molar-refractivity contribution is 9.08.